The van der Waals surface area contributed by atoms with Crippen molar-refractivity contribution in [2.75, 3.05) is 14.1 Å². The lowest BCUT2D eigenvalue weighted by Gasteiger charge is -2.10. The molecule has 0 saturated carbocycles. The molecule has 0 fully saturated rings. The molecular weight excluding hydrogens is 404 g/mol. The summed E-state index contributed by atoms with van der Waals surface area (Å²) in [6.07, 6.45) is 1.55. The molecule has 0 aliphatic carbocycles. The summed E-state index contributed by atoms with van der Waals surface area (Å²) in [6, 6.07) is 14.8. The molecule has 0 unspecified atom stereocenters. The highest BCUT2D eigenvalue weighted by atomic mass is 79.9. The smallest absolute Gasteiger partial charge is 0.264 e. The van der Waals surface area contributed by atoms with E-state index in [1.54, 1.807) is 38.4 Å². The fourth-order valence-electron chi connectivity index (χ4n) is 2.02. The molecule has 128 valence electrons. The van der Waals surface area contributed by atoms with Crippen molar-refractivity contribution in [3.05, 3.63) is 68.7 Å². The largest absolute Gasteiger partial charge is 0.488 e. The molecule has 0 heterocycles. The molecule has 0 aliphatic rings. The third-order valence-electron chi connectivity index (χ3n) is 3.33. The van der Waals surface area contributed by atoms with Gasteiger partial charge in [0.05, 0.1) is 4.47 Å². The van der Waals surface area contributed by atoms with Crippen molar-refractivity contribution in [2.24, 2.45) is 0 Å². The number of ether oxygens (including phenoxy) is 1. The van der Waals surface area contributed by atoms with E-state index in [1.807, 2.05) is 30.3 Å². The predicted molar refractivity (Wildman–Crippen MR) is 102 cm³/mol. The standard InChI is InChI=1S/C19H16BrClN2O2/c1-23(2)19(24)15(11-22)9-14-5-8-18(17(20)10-14)25-12-13-3-6-16(21)7-4-13/h3-10H,12H2,1-2H3/b15-9-. The quantitative estimate of drug-likeness (QED) is 0.522. The number of hydrogen-bond acceptors (Lipinski definition) is 3. The van der Waals surface area contributed by atoms with Crippen LogP contribution in [0.4, 0.5) is 0 Å². The first-order valence-electron chi connectivity index (χ1n) is 7.41. The lowest BCUT2D eigenvalue weighted by atomic mass is 10.1. The number of hydrogen-bond donors (Lipinski definition) is 0. The summed E-state index contributed by atoms with van der Waals surface area (Å²) >= 11 is 9.32. The Hall–Kier alpha value is -2.29. The second-order valence-corrected chi connectivity index (χ2v) is 6.77. The van der Waals surface area contributed by atoms with Crippen LogP contribution < -0.4 is 4.74 Å². The number of benzene rings is 2. The van der Waals surface area contributed by atoms with Crippen molar-refractivity contribution in [3.8, 4) is 11.8 Å². The van der Waals surface area contributed by atoms with Crippen LogP contribution in [0.1, 0.15) is 11.1 Å². The molecule has 1 amide bonds. The Morgan fingerprint density at radius 3 is 2.52 bits per heavy atom. The summed E-state index contributed by atoms with van der Waals surface area (Å²) in [5.41, 5.74) is 1.81. The van der Waals surface area contributed by atoms with Gasteiger partial charge in [0, 0.05) is 19.1 Å². The number of likely N-dealkylation sites (N-methyl/N-ethyl adjacent to an activating group) is 1. The molecule has 0 radical (unpaired) electrons. The third kappa shape index (κ3) is 5.35. The van der Waals surface area contributed by atoms with Gasteiger partial charge in [-0.2, -0.15) is 5.26 Å². The van der Waals surface area contributed by atoms with Gasteiger partial charge in [0.25, 0.3) is 5.91 Å². The zero-order valence-corrected chi connectivity index (χ0v) is 16.1. The van der Waals surface area contributed by atoms with Gasteiger partial charge in [0.15, 0.2) is 0 Å². The molecule has 0 N–H and O–H groups in total. The normalized spacial score (nSPS) is 10.9. The number of amides is 1. The predicted octanol–water partition coefficient (Wildman–Crippen LogP) is 4.68. The average molecular weight is 420 g/mol. The number of halogens is 2. The zero-order chi connectivity index (χ0) is 18.4. The molecule has 0 bridgehead atoms. The maximum atomic E-state index is 11.9. The van der Waals surface area contributed by atoms with Crippen LogP contribution in [0.25, 0.3) is 6.08 Å². The minimum Gasteiger partial charge on any atom is -0.488 e. The summed E-state index contributed by atoms with van der Waals surface area (Å²) in [4.78, 5) is 13.3. The van der Waals surface area contributed by atoms with Gasteiger partial charge >= 0.3 is 0 Å². The molecule has 6 heteroatoms. The van der Waals surface area contributed by atoms with E-state index >= 15 is 0 Å². The van der Waals surface area contributed by atoms with Crippen molar-refractivity contribution in [3.63, 3.8) is 0 Å². The summed E-state index contributed by atoms with van der Waals surface area (Å²) in [5.74, 6) is 0.339. The molecular formula is C19H16BrClN2O2. The summed E-state index contributed by atoms with van der Waals surface area (Å²) < 4.78 is 6.52. The van der Waals surface area contributed by atoms with Crippen molar-refractivity contribution >= 4 is 39.5 Å². The number of nitrogens with zero attached hydrogens (tertiary/aromatic N) is 2. The van der Waals surface area contributed by atoms with Crippen LogP contribution in [0.15, 0.2) is 52.5 Å². The fourth-order valence-corrected chi connectivity index (χ4v) is 2.65. The van der Waals surface area contributed by atoms with Crippen molar-refractivity contribution in [1.29, 1.82) is 5.26 Å². The van der Waals surface area contributed by atoms with Gasteiger partial charge in [0.2, 0.25) is 0 Å². The maximum Gasteiger partial charge on any atom is 0.264 e. The van der Waals surface area contributed by atoms with Crippen LogP contribution >= 0.6 is 27.5 Å². The first kappa shape index (κ1) is 19.0. The Morgan fingerprint density at radius 1 is 1.28 bits per heavy atom. The molecule has 0 saturated heterocycles. The summed E-state index contributed by atoms with van der Waals surface area (Å²) in [6.45, 7) is 0.410. The van der Waals surface area contributed by atoms with E-state index < -0.39 is 0 Å². The van der Waals surface area contributed by atoms with E-state index in [9.17, 15) is 4.79 Å². The van der Waals surface area contributed by atoms with Gasteiger partial charge < -0.3 is 9.64 Å². The van der Waals surface area contributed by atoms with Crippen LogP contribution in [0.2, 0.25) is 5.02 Å². The van der Waals surface area contributed by atoms with Gasteiger partial charge in [-0.3, -0.25) is 4.79 Å². The second kappa shape index (κ2) is 8.70. The summed E-state index contributed by atoms with van der Waals surface area (Å²) in [5, 5.41) is 9.83. The zero-order valence-electron chi connectivity index (χ0n) is 13.8. The Balaban J connectivity index is 2.13. The Labute approximate surface area is 160 Å². The van der Waals surface area contributed by atoms with E-state index in [2.05, 4.69) is 15.9 Å². The third-order valence-corrected chi connectivity index (χ3v) is 4.20. The topological polar surface area (TPSA) is 53.3 Å². The Kier molecular flexibility index (Phi) is 6.63. The first-order chi connectivity index (χ1) is 11.9. The van der Waals surface area contributed by atoms with Crippen LogP contribution in [0.3, 0.4) is 0 Å². The van der Waals surface area contributed by atoms with Gasteiger partial charge in [-0.1, -0.05) is 29.8 Å². The van der Waals surface area contributed by atoms with Gasteiger partial charge in [-0.15, -0.1) is 0 Å². The second-order valence-electron chi connectivity index (χ2n) is 5.47. The van der Waals surface area contributed by atoms with Crippen LogP contribution in [0, 0.1) is 11.3 Å². The highest BCUT2D eigenvalue weighted by Gasteiger charge is 2.11. The number of rotatable bonds is 5. The molecule has 25 heavy (non-hydrogen) atoms. The first-order valence-corrected chi connectivity index (χ1v) is 8.58. The van der Waals surface area contributed by atoms with Crippen LogP contribution in [0.5, 0.6) is 5.75 Å². The molecule has 2 rings (SSSR count). The van der Waals surface area contributed by atoms with Gasteiger partial charge in [-0.25, -0.2) is 0 Å². The van der Waals surface area contributed by atoms with Crippen molar-refractivity contribution in [1.82, 2.24) is 4.90 Å². The van der Waals surface area contributed by atoms with Gasteiger partial charge in [0.1, 0.15) is 24.0 Å². The highest BCUT2D eigenvalue weighted by molar-refractivity contribution is 9.10. The molecule has 0 aromatic heterocycles. The van der Waals surface area contributed by atoms with Gasteiger partial charge in [-0.05, 0) is 57.4 Å². The molecule has 2 aromatic rings. The van der Waals surface area contributed by atoms with Crippen molar-refractivity contribution in [2.45, 2.75) is 6.61 Å². The molecule has 2 aromatic carbocycles. The maximum absolute atomic E-state index is 11.9. The lowest BCUT2D eigenvalue weighted by Crippen LogP contribution is -2.22. The van der Waals surface area contributed by atoms with E-state index in [-0.39, 0.29) is 11.5 Å². The number of nitriles is 1. The Bertz CT molecular complexity index is 839. The average Bonchev–Trinajstić information content (AvgIpc) is 2.59. The Morgan fingerprint density at radius 2 is 1.96 bits per heavy atom. The van der Waals surface area contributed by atoms with Crippen LogP contribution in [-0.4, -0.2) is 24.9 Å². The lowest BCUT2D eigenvalue weighted by molar-refractivity contribution is -0.124. The SMILES string of the molecule is CN(C)C(=O)/C(C#N)=C\c1ccc(OCc2ccc(Cl)cc2)c(Br)c1. The molecule has 4 nitrogen and oxygen atoms in total. The van der Waals surface area contributed by atoms with E-state index in [1.165, 1.54) is 4.90 Å². The van der Waals surface area contributed by atoms with E-state index in [0.29, 0.717) is 17.4 Å². The van der Waals surface area contributed by atoms with Crippen LogP contribution in [-0.2, 0) is 11.4 Å². The monoisotopic (exact) mass is 418 g/mol. The highest BCUT2D eigenvalue weighted by Crippen LogP contribution is 2.28. The van der Waals surface area contributed by atoms with E-state index in [4.69, 9.17) is 21.6 Å². The molecule has 0 spiro atoms. The minimum absolute atomic E-state index is 0.0757. The summed E-state index contributed by atoms with van der Waals surface area (Å²) in [7, 11) is 3.22. The number of carbonyl (C=O) groups excluding carboxylic acids is 1. The minimum atomic E-state index is -0.332. The number of carbonyl (C=O) groups is 1. The van der Waals surface area contributed by atoms with E-state index in [0.717, 1.165) is 15.6 Å². The molecule has 0 atom stereocenters. The molecule has 0 aliphatic heterocycles. The van der Waals surface area contributed by atoms with Crippen molar-refractivity contribution < 1.29 is 9.53 Å². The fraction of sp³-hybridized carbons (Fsp3) is 0.158.